The second-order valence-corrected chi connectivity index (χ2v) is 1.87. The number of nitrogens with two attached hydrogens (primary N) is 1. The van der Waals surface area contributed by atoms with Crippen molar-refractivity contribution < 1.29 is 14.5 Å². The summed E-state index contributed by atoms with van der Waals surface area (Å²) in [5.41, 5.74) is 5.33. The molecule has 0 unspecified atom stereocenters. The van der Waals surface area contributed by atoms with Crippen molar-refractivity contribution in [2.24, 2.45) is 0 Å². The number of H-pyrrole nitrogens is 1. The first-order valence-corrected chi connectivity index (χ1v) is 2.74. The number of carbonyl (C=O) groups is 1. The van der Waals surface area contributed by atoms with E-state index in [9.17, 15) is 4.79 Å². The minimum Gasteiger partial charge on any atom is -0.479 e. The lowest BCUT2D eigenvalue weighted by molar-refractivity contribution is -0.670. The fourth-order valence-corrected chi connectivity index (χ4v) is 0.659. The Balaban J connectivity index is 2.74. The van der Waals surface area contributed by atoms with Crippen molar-refractivity contribution in [1.82, 2.24) is 4.98 Å². The van der Waals surface area contributed by atoms with Gasteiger partial charge in [-0.1, -0.05) is 0 Å². The van der Waals surface area contributed by atoms with Crippen LogP contribution in [0.3, 0.4) is 0 Å². The first kappa shape index (κ1) is 6.60. The standard InChI is InChI=1S/C5H7N3O2/c6-5-7-1-2-8(5)3-4(9)10/h1-2H,3H2,(H3,6,7,9,10)/p+1. The van der Waals surface area contributed by atoms with Crippen molar-refractivity contribution in [2.45, 2.75) is 6.54 Å². The molecule has 0 aliphatic rings. The summed E-state index contributed by atoms with van der Waals surface area (Å²) in [5, 5.41) is 8.32. The molecule has 1 aromatic rings. The third-order valence-electron chi connectivity index (χ3n) is 1.10. The number of nitrogens with one attached hydrogen (secondary N) is 1. The molecule has 0 amide bonds. The normalized spacial score (nSPS) is 9.60. The number of carboxylic acid groups (broad SMARTS) is 1. The lowest BCUT2D eigenvalue weighted by Gasteiger charge is -1.90. The smallest absolute Gasteiger partial charge is 0.353 e. The molecule has 5 heteroatoms. The molecule has 0 fully saturated rings. The Morgan fingerprint density at radius 2 is 2.60 bits per heavy atom. The van der Waals surface area contributed by atoms with Gasteiger partial charge >= 0.3 is 11.9 Å². The van der Waals surface area contributed by atoms with Crippen LogP contribution in [0, 0.1) is 0 Å². The molecule has 1 aromatic heterocycles. The monoisotopic (exact) mass is 142 g/mol. The second-order valence-electron chi connectivity index (χ2n) is 1.87. The molecule has 54 valence electrons. The molecule has 5 nitrogen and oxygen atoms in total. The molecule has 0 aliphatic heterocycles. The second kappa shape index (κ2) is 2.38. The average molecular weight is 142 g/mol. The highest BCUT2D eigenvalue weighted by atomic mass is 16.4. The van der Waals surface area contributed by atoms with Crippen molar-refractivity contribution in [3.05, 3.63) is 12.4 Å². The van der Waals surface area contributed by atoms with Crippen molar-refractivity contribution in [3.63, 3.8) is 0 Å². The van der Waals surface area contributed by atoms with Crippen molar-refractivity contribution in [3.8, 4) is 0 Å². The average Bonchev–Trinajstić information content (AvgIpc) is 2.15. The van der Waals surface area contributed by atoms with Crippen molar-refractivity contribution in [1.29, 1.82) is 0 Å². The molecule has 4 N–H and O–H groups in total. The van der Waals surface area contributed by atoms with Crippen molar-refractivity contribution >= 4 is 11.9 Å². The minimum atomic E-state index is -0.906. The van der Waals surface area contributed by atoms with Crippen LogP contribution in [0.15, 0.2) is 12.4 Å². The highest BCUT2D eigenvalue weighted by molar-refractivity contribution is 5.64. The van der Waals surface area contributed by atoms with Crippen LogP contribution in [-0.2, 0) is 11.3 Å². The molecule has 0 atom stereocenters. The Labute approximate surface area is 57.1 Å². The molecule has 0 spiro atoms. The summed E-state index contributed by atoms with van der Waals surface area (Å²) in [5.74, 6) is -0.557. The summed E-state index contributed by atoms with van der Waals surface area (Å²) in [6, 6.07) is 0. The van der Waals surface area contributed by atoms with Crippen LogP contribution in [0.4, 0.5) is 5.95 Å². The minimum absolute atomic E-state index is 0.102. The molecule has 0 aliphatic carbocycles. The summed E-state index contributed by atoms with van der Waals surface area (Å²) >= 11 is 0. The van der Waals surface area contributed by atoms with E-state index in [2.05, 4.69) is 4.98 Å². The maximum Gasteiger partial charge on any atom is 0.353 e. The summed E-state index contributed by atoms with van der Waals surface area (Å²) in [6.45, 7) is -0.102. The third-order valence-corrected chi connectivity index (χ3v) is 1.10. The summed E-state index contributed by atoms with van der Waals surface area (Å²) < 4.78 is 1.41. The molecule has 0 radical (unpaired) electrons. The topological polar surface area (TPSA) is 83.0 Å². The first-order valence-electron chi connectivity index (χ1n) is 2.74. The van der Waals surface area contributed by atoms with E-state index in [1.54, 1.807) is 12.4 Å². The number of rotatable bonds is 2. The quantitative estimate of drug-likeness (QED) is 0.461. The molecule has 0 saturated carbocycles. The Morgan fingerprint density at radius 3 is 3.00 bits per heavy atom. The van der Waals surface area contributed by atoms with Crippen LogP contribution in [0.25, 0.3) is 0 Å². The van der Waals surface area contributed by atoms with Crippen LogP contribution in [0.2, 0.25) is 0 Å². The fraction of sp³-hybridized carbons (Fsp3) is 0.200. The van der Waals surface area contributed by atoms with Crippen LogP contribution < -0.4 is 10.3 Å². The zero-order valence-electron chi connectivity index (χ0n) is 5.24. The van der Waals surface area contributed by atoms with E-state index in [4.69, 9.17) is 10.8 Å². The first-order chi connectivity index (χ1) is 4.70. The Morgan fingerprint density at radius 1 is 1.90 bits per heavy atom. The van der Waals surface area contributed by atoms with Gasteiger partial charge in [0.2, 0.25) is 0 Å². The van der Waals surface area contributed by atoms with E-state index >= 15 is 0 Å². The van der Waals surface area contributed by atoms with E-state index in [0.717, 1.165) is 0 Å². The van der Waals surface area contributed by atoms with E-state index in [-0.39, 0.29) is 6.54 Å². The molecule has 10 heavy (non-hydrogen) atoms. The number of hydrogen-bond acceptors (Lipinski definition) is 2. The number of hydrogen-bond donors (Lipinski definition) is 3. The van der Waals surface area contributed by atoms with E-state index in [0.29, 0.717) is 5.95 Å². The van der Waals surface area contributed by atoms with Crippen LogP contribution in [0.1, 0.15) is 0 Å². The third kappa shape index (κ3) is 1.25. The van der Waals surface area contributed by atoms with Gasteiger partial charge in [0, 0.05) is 0 Å². The predicted octanol–water partition coefficient (Wildman–Crippen LogP) is -1.03. The van der Waals surface area contributed by atoms with Gasteiger partial charge in [0.15, 0.2) is 6.54 Å². The molecular weight excluding hydrogens is 134 g/mol. The highest BCUT2D eigenvalue weighted by Crippen LogP contribution is 1.83. The van der Waals surface area contributed by atoms with Gasteiger partial charge in [-0.25, -0.2) is 14.3 Å². The summed E-state index contributed by atoms with van der Waals surface area (Å²) in [6.07, 6.45) is 3.15. The predicted molar refractivity (Wildman–Crippen MR) is 33.0 cm³/mol. The molecule has 0 bridgehead atoms. The van der Waals surface area contributed by atoms with E-state index < -0.39 is 5.97 Å². The number of nitrogens with zero attached hydrogens (tertiary/aromatic N) is 1. The van der Waals surface area contributed by atoms with Gasteiger partial charge in [-0.2, -0.15) is 0 Å². The number of anilines is 1. The maximum absolute atomic E-state index is 10.1. The highest BCUT2D eigenvalue weighted by Gasteiger charge is 2.07. The largest absolute Gasteiger partial charge is 0.479 e. The molecule has 0 aromatic carbocycles. The van der Waals surface area contributed by atoms with Gasteiger partial charge in [-0.15, -0.1) is 0 Å². The molecule has 1 heterocycles. The number of aliphatic carboxylic acids is 1. The summed E-state index contributed by atoms with van der Waals surface area (Å²) in [7, 11) is 0. The van der Waals surface area contributed by atoms with Gasteiger partial charge in [0.25, 0.3) is 0 Å². The fourth-order valence-electron chi connectivity index (χ4n) is 0.659. The Kier molecular flexibility index (Phi) is 1.57. The van der Waals surface area contributed by atoms with Gasteiger partial charge in [-0.3, -0.25) is 5.73 Å². The zero-order valence-corrected chi connectivity index (χ0v) is 5.24. The summed E-state index contributed by atoms with van der Waals surface area (Å²) in [4.78, 5) is 12.8. The zero-order chi connectivity index (χ0) is 7.56. The van der Waals surface area contributed by atoms with Crippen LogP contribution in [0.5, 0.6) is 0 Å². The van der Waals surface area contributed by atoms with Gasteiger partial charge in [0.05, 0.1) is 12.4 Å². The number of carboxylic acids is 1. The lowest BCUT2D eigenvalue weighted by Crippen LogP contribution is -2.38. The number of aromatic amines is 1. The SMILES string of the molecule is Nc1[nH]cc[n+]1CC(=O)O. The maximum atomic E-state index is 10.1. The van der Waals surface area contributed by atoms with Crippen LogP contribution >= 0.6 is 0 Å². The molecule has 0 saturated heterocycles. The molecular formula is C5H8N3O2+. The van der Waals surface area contributed by atoms with Crippen LogP contribution in [-0.4, -0.2) is 16.1 Å². The van der Waals surface area contributed by atoms with E-state index in [1.807, 2.05) is 0 Å². The number of imidazole rings is 1. The van der Waals surface area contributed by atoms with Gasteiger partial charge < -0.3 is 5.11 Å². The Bertz CT molecular complexity index is 243. The van der Waals surface area contributed by atoms with Crippen molar-refractivity contribution in [2.75, 3.05) is 5.73 Å². The Hall–Kier alpha value is -1.52. The van der Waals surface area contributed by atoms with Gasteiger partial charge in [0.1, 0.15) is 0 Å². The van der Waals surface area contributed by atoms with E-state index in [1.165, 1.54) is 4.57 Å². The lowest BCUT2D eigenvalue weighted by atomic mass is 10.6. The molecule has 1 rings (SSSR count). The van der Waals surface area contributed by atoms with Gasteiger partial charge in [-0.05, 0) is 0 Å². The number of nitrogen functional groups attached to an aromatic ring is 1. The number of aromatic nitrogens is 2.